The largest absolute Gasteiger partial charge is 0.250 e. The first-order chi connectivity index (χ1) is 4.83. The Morgan fingerprint density at radius 2 is 2.40 bits per heavy atom. The Hall–Kier alpha value is 0.355. The number of hydrogen-bond acceptors (Lipinski definition) is 0. The van der Waals surface area contributed by atoms with Gasteiger partial charge in [-0.1, -0.05) is 45.2 Å². The Balaban J connectivity index is 2.06. The van der Waals surface area contributed by atoms with E-state index in [1.54, 1.807) is 0 Å². The first-order valence-electron chi connectivity index (χ1n) is 4.47. The normalized spacial score (nSPS) is 25.8. The molecule has 1 heterocycles. The smallest absolute Gasteiger partial charge is 0.196 e. The quantitative estimate of drug-likeness (QED) is 0.552. The molecule has 2 heteroatoms. The Morgan fingerprint density at radius 1 is 1.60 bits per heavy atom. The van der Waals surface area contributed by atoms with Gasteiger partial charge in [0.25, 0.3) is 6.13 Å². The zero-order valence-electron chi connectivity index (χ0n) is 6.78. The van der Waals surface area contributed by atoms with Crippen molar-refractivity contribution in [1.82, 2.24) is 0 Å². The summed E-state index contributed by atoms with van der Waals surface area (Å²) in [5.74, 6) is 0.961. The van der Waals surface area contributed by atoms with Gasteiger partial charge in [-0.2, -0.15) is 11.5 Å². The zero-order valence-corrected chi connectivity index (χ0v) is 7.53. The van der Waals surface area contributed by atoms with E-state index in [2.05, 4.69) is 6.92 Å². The van der Waals surface area contributed by atoms with Crippen molar-refractivity contribution < 1.29 is 0 Å². The molecular weight excluding hydrogens is 142 g/mol. The molecule has 0 radical (unpaired) electrons. The van der Waals surface area contributed by atoms with Gasteiger partial charge in [-0.25, -0.2) is 0 Å². The summed E-state index contributed by atoms with van der Waals surface area (Å²) in [7, 11) is 0. The van der Waals surface area contributed by atoms with E-state index in [0.717, 1.165) is 5.92 Å². The van der Waals surface area contributed by atoms with Crippen LogP contribution in [0.25, 0.3) is 0 Å². The van der Waals surface area contributed by atoms with Gasteiger partial charge < -0.3 is 0 Å². The van der Waals surface area contributed by atoms with Crippen LogP contribution in [0, 0.1) is 5.92 Å². The van der Waals surface area contributed by atoms with Crippen molar-refractivity contribution in [3.8, 4) is 0 Å². The van der Waals surface area contributed by atoms with Crippen LogP contribution in [0.5, 0.6) is 0 Å². The lowest BCUT2D eigenvalue weighted by atomic mass is 9.73. The highest BCUT2D eigenvalue weighted by Gasteiger charge is 2.25. The molecule has 1 atom stereocenters. The van der Waals surface area contributed by atoms with E-state index in [4.69, 9.17) is 11.5 Å². The Morgan fingerprint density at radius 3 is 2.90 bits per heavy atom. The topological polar surface area (TPSA) is 0 Å². The average Bonchev–Trinajstić information content (AvgIpc) is 2.31. The maximum absolute atomic E-state index is 5.99. The van der Waals surface area contributed by atoms with Crippen molar-refractivity contribution in [2.75, 3.05) is 0 Å². The summed E-state index contributed by atoms with van der Waals surface area (Å²) < 4.78 is 0. The third kappa shape index (κ3) is 2.53. The summed E-state index contributed by atoms with van der Waals surface area (Å²) in [5, 5.41) is 0. The first-order valence-corrected chi connectivity index (χ1v) is 4.90. The van der Waals surface area contributed by atoms with Gasteiger partial charge in [0, 0.05) is 0 Å². The number of hydrogen-bond donors (Lipinski definition) is 0. The van der Waals surface area contributed by atoms with E-state index in [0.29, 0.717) is 6.13 Å². The van der Waals surface area contributed by atoms with Crippen LogP contribution in [0.4, 0.5) is 0 Å². The average molecular weight is 158 g/mol. The summed E-state index contributed by atoms with van der Waals surface area (Å²) in [6, 6.07) is 0. The van der Waals surface area contributed by atoms with Gasteiger partial charge in [-0.05, 0) is 5.92 Å². The highest BCUT2D eigenvalue weighted by Crippen LogP contribution is 2.31. The molecule has 0 aromatic heterocycles. The van der Waals surface area contributed by atoms with Gasteiger partial charge >= 0.3 is 0 Å². The SMILES string of the molecule is CCCCC1CCB(Cl)C1. The van der Waals surface area contributed by atoms with E-state index in [1.807, 2.05) is 0 Å². The van der Waals surface area contributed by atoms with Crippen molar-refractivity contribution >= 4 is 17.6 Å². The van der Waals surface area contributed by atoms with Crippen molar-refractivity contribution in [3.63, 3.8) is 0 Å². The van der Waals surface area contributed by atoms with E-state index in [1.165, 1.54) is 38.3 Å². The summed E-state index contributed by atoms with van der Waals surface area (Å²) in [6.45, 7) is 2.26. The van der Waals surface area contributed by atoms with Crippen molar-refractivity contribution in [2.24, 2.45) is 5.92 Å². The monoisotopic (exact) mass is 158 g/mol. The standard InChI is InChI=1S/C8H16BCl/c1-2-3-4-8-5-6-9(10)7-8/h8H,2-7H2,1H3. The molecule has 0 nitrogen and oxygen atoms in total. The fraction of sp³-hybridized carbons (Fsp3) is 1.00. The molecule has 1 unspecified atom stereocenters. The minimum absolute atomic E-state index is 0.502. The predicted octanol–water partition coefficient (Wildman–Crippen LogP) is 3.43. The van der Waals surface area contributed by atoms with Crippen LogP contribution in [-0.4, -0.2) is 6.13 Å². The van der Waals surface area contributed by atoms with E-state index in [9.17, 15) is 0 Å². The molecule has 1 fully saturated rings. The lowest BCUT2D eigenvalue weighted by Gasteiger charge is -2.06. The van der Waals surface area contributed by atoms with Crippen LogP contribution in [-0.2, 0) is 0 Å². The Labute approximate surface area is 69.3 Å². The molecular formula is C8H16BCl. The second kappa shape index (κ2) is 4.28. The molecule has 0 bridgehead atoms. The van der Waals surface area contributed by atoms with Crippen molar-refractivity contribution in [2.45, 2.75) is 45.2 Å². The third-order valence-corrected chi connectivity index (χ3v) is 2.84. The minimum Gasteiger partial charge on any atom is -0.196 e. The molecule has 10 heavy (non-hydrogen) atoms. The molecule has 0 aromatic carbocycles. The van der Waals surface area contributed by atoms with Crippen LogP contribution in [0.2, 0.25) is 12.6 Å². The van der Waals surface area contributed by atoms with Gasteiger partial charge in [0.2, 0.25) is 0 Å². The van der Waals surface area contributed by atoms with Crippen LogP contribution < -0.4 is 0 Å². The second-order valence-electron chi connectivity index (χ2n) is 3.42. The maximum Gasteiger partial charge on any atom is 0.250 e. The molecule has 0 aliphatic carbocycles. The highest BCUT2D eigenvalue weighted by atomic mass is 35.5. The molecule has 0 aromatic rings. The van der Waals surface area contributed by atoms with E-state index >= 15 is 0 Å². The molecule has 0 spiro atoms. The van der Waals surface area contributed by atoms with Crippen LogP contribution in [0.3, 0.4) is 0 Å². The van der Waals surface area contributed by atoms with Gasteiger partial charge in [0.15, 0.2) is 0 Å². The summed E-state index contributed by atoms with van der Waals surface area (Å²) in [6.07, 6.45) is 8.57. The molecule has 0 N–H and O–H groups in total. The van der Waals surface area contributed by atoms with Crippen LogP contribution in [0.1, 0.15) is 32.6 Å². The first kappa shape index (κ1) is 8.45. The fourth-order valence-corrected chi connectivity index (χ4v) is 2.15. The Bertz CT molecular complexity index is 95.3. The highest BCUT2D eigenvalue weighted by molar-refractivity contribution is 7.07. The summed E-state index contributed by atoms with van der Waals surface area (Å²) in [4.78, 5) is 0. The molecule has 0 saturated carbocycles. The lowest BCUT2D eigenvalue weighted by molar-refractivity contribution is 0.511. The molecule has 1 aliphatic heterocycles. The summed E-state index contributed by atoms with van der Waals surface area (Å²) >= 11 is 5.99. The lowest BCUT2D eigenvalue weighted by Crippen LogP contribution is -1.96. The fourth-order valence-electron chi connectivity index (χ4n) is 1.77. The van der Waals surface area contributed by atoms with Gasteiger partial charge in [0.05, 0.1) is 0 Å². The van der Waals surface area contributed by atoms with Crippen molar-refractivity contribution in [3.05, 3.63) is 0 Å². The van der Waals surface area contributed by atoms with E-state index < -0.39 is 0 Å². The van der Waals surface area contributed by atoms with Gasteiger partial charge in [0.1, 0.15) is 0 Å². The molecule has 1 rings (SSSR count). The molecule has 0 amide bonds. The van der Waals surface area contributed by atoms with Crippen LogP contribution >= 0.6 is 11.5 Å². The number of halogens is 1. The molecule has 1 saturated heterocycles. The van der Waals surface area contributed by atoms with Gasteiger partial charge in [-0.3, -0.25) is 0 Å². The number of unbranched alkanes of at least 4 members (excludes halogenated alkanes) is 1. The Kier molecular flexibility index (Phi) is 3.62. The second-order valence-corrected chi connectivity index (χ2v) is 4.04. The molecule has 58 valence electrons. The maximum atomic E-state index is 5.99. The van der Waals surface area contributed by atoms with Gasteiger partial charge in [-0.15, -0.1) is 0 Å². The zero-order chi connectivity index (χ0) is 7.40. The van der Waals surface area contributed by atoms with E-state index in [-0.39, 0.29) is 0 Å². The third-order valence-electron chi connectivity index (χ3n) is 2.44. The van der Waals surface area contributed by atoms with Crippen molar-refractivity contribution in [1.29, 1.82) is 0 Å². The van der Waals surface area contributed by atoms with Crippen LogP contribution in [0.15, 0.2) is 0 Å². The minimum atomic E-state index is 0.502. The number of rotatable bonds is 3. The predicted molar refractivity (Wildman–Crippen MR) is 48.9 cm³/mol. The summed E-state index contributed by atoms with van der Waals surface area (Å²) in [5.41, 5.74) is 0. The molecule has 1 aliphatic rings.